The highest BCUT2D eigenvalue weighted by molar-refractivity contribution is 6.07. The molecule has 4 aromatic rings. The van der Waals surface area contributed by atoms with Gasteiger partial charge in [0.2, 0.25) is 0 Å². The lowest BCUT2D eigenvalue weighted by Gasteiger charge is -2.21. The molecule has 222 valence electrons. The number of benzene rings is 3. The van der Waals surface area contributed by atoms with Crippen molar-refractivity contribution in [2.24, 2.45) is 0 Å². The second kappa shape index (κ2) is 13.0. The molecule has 0 saturated carbocycles. The summed E-state index contributed by atoms with van der Waals surface area (Å²) >= 11 is 0. The predicted molar refractivity (Wildman–Crippen MR) is 155 cm³/mol. The number of rotatable bonds is 11. The number of anilines is 1. The lowest BCUT2D eigenvalue weighted by molar-refractivity contribution is -0.142. The monoisotopic (exact) mass is 582 g/mol. The Hall–Kier alpha value is -4.47. The SMILES string of the molecule is CCOC(=O)Cc1c(C(=O)OCC)c2cc(Oc3ccc(C(F)(F)F)cc3)ccc2n1-c1ccc(N(CC)CC)cc1. The molecule has 3 aromatic carbocycles. The summed E-state index contributed by atoms with van der Waals surface area (Å²) in [5.74, 6) is -0.636. The number of aromatic nitrogens is 1. The first-order valence-electron chi connectivity index (χ1n) is 13.8. The Kier molecular flexibility index (Phi) is 9.45. The molecule has 10 heteroatoms. The Morgan fingerprint density at radius 1 is 0.810 bits per heavy atom. The van der Waals surface area contributed by atoms with Crippen molar-refractivity contribution >= 4 is 28.5 Å². The number of ether oxygens (including phenoxy) is 3. The third kappa shape index (κ3) is 6.53. The van der Waals surface area contributed by atoms with Gasteiger partial charge in [-0.15, -0.1) is 0 Å². The van der Waals surface area contributed by atoms with Crippen LogP contribution in [0.4, 0.5) is 18.9 Å². The highest BCUT2D eigenvalue weighted by Gasteiger charge is 2.30. The maximum Gasteiger partial charge on any atom is 0.416 e. The number of esters is 2. The minimum atomic E-state index is -4.46. The van der Waals surface area contributed by atoms with Crippen molar-refractivity contribution in [1.82, 2.24) is 4.57 Å². The Morgan fingerprint density at radius 2 is 1.43 bits per heavy atom. The first-order chi connectivity index (χ1) is 20.1. The zero-order chi connectivity index (χ0) is 30.4. The van der Waals surface area contributed by atoms with Gasteiger partial charge in [0.05, 0.1) is 36.3 Å². The predicted octanol–water partition coefficient (Wildman–Crippen LogP) is 7.57. The maximum atomic E-state index is 13.3. The molecule has 1 heterocycles. The summed E-state index contributed by atoms with van der Waals surface area (Å²) in [6, 6.07) is 17.2. The van der Waals surface area contributed by atoms with Gasteiger partial charge in [0, 0.05) is 35.5 Å². The standard InChI is InChI=1S/C32H33F3N2O5/c1-5-36(6-2)22-11-13-23(14-12-22)37-27-18-17-25(42-24-15-9-21(10-16-24)32(33,34)35)19-26(27)30(31(39)41-8-4)28(37)20-29(38)40-7-3/h9-19H,5-8,20H2,1-4H3. The number of halogens is 3. The molecular formula is C32H33F3N2O5. The van der Waals surface area contributed by atoms with Gasteiger partial charge in [-0.25, -0.2) is 4.79 Å². The van der Waals surface area contributed by atoms with Gasteiger partial charge in [-0.05, 0) is 94.4 Å². The van der Waals surface area contributed by atoms with Gasteiger partial charge in [0.1, 0.15) is 11.5 Å². The number of carbonyl (C=O) groups is 2. The third-order valence-electron chi connectivity index (χ3n) is 6.79. The average molecular weight is 583 g/mol. The molecule has 0 unspecified atom stereocenters. The second-order valence-electron chi connectivity index (χ2n) is 9.35. The van der Waals surface area contributed by atoms with Crippen LogP contribution in [0.1, 0.15) is 49.3 Å². The van der Waals surface area contributed by atoms with Crippen LogP contribution in [0.5, 0.6) is 11.5 Å². The molecule has 0 amide bonds. The summed E-state index contributed by atoms with van der Waals surface area (Å²) in [6.07, 6.45) is -4.66. The lowest BCUT2D eigenvalue weighted by Crippen LogP contribution is -2.21. The molecule has 4 rings (SSSR count). The lowest BCUT2D eigenvalue weighted by atomic mass is 10.1. The second-order valence-corrected chi connectivity index (χ2v) is 9.35. The molecule has 0 saturated heterocycles. The van der Waals surface area contributed by atoms with Crippen molar-refractivity contribution < 1.29 is 37.0 Å². The van der Waals surface area contributed by atoms with Crippen molar-refractivity contribution in [2.45, 2.75) is 40.3 Å². The highest BCUT2D eigenvalue weighted by atomic mass is 19.4. The summed E-state index contributed by atoms with van der Waals surface area (Å²) in [5, 5.41) is 0.463. The van der Waals surface area contributed by atoms with Gasteiger partial charge < -0.3 is 23.7 Å². The van der Waals surface area contributed by atoms with E-state index in [2.05, 4.69) is 18.7 Å². The fourth-order valence-corrected chi connectivity index (χ4v) is 4.88. The fraction of sp³-hybridized carbons (Fsp3) is 0.312. The molecule has 0 bridgehead atoms. The summed E-state index contributed by atoms with van der Waals surface area (Å²) in [7, 11) is 0. The number of alkyl halides is 3. The molecule has 0 atom stereocenters. The Bertz CT molecular complexity index is 1540. The summed E-state index contributed by atoms with van der Waals surface area (Å²) in [4.78, 5) is 28.3. The number of hydrogen-bond acceptors (Lipinski definition) is 6. The summed E-state index contributed by atoms with van der Waals surface area (Å²) < 4.78 is 57.3. The van der Waals surface area contributed by atoms with Crippen LogP contribution in [0.2, 0.25) is 0 Å². The van der Waals surface area contributed by atoms with Gasteiger partial charge >= 0.3 is 18.1 Å². The maximum absolute atomic E-state index is 13.3. The van der Waals surface area contributed by atoms with Crippen LogP contribution >= 0.6 is 0 Å². The van der Waals surface area contributed by atoms with E-state index >= 15 is 0 Å². The molecule has 0 aliphatic carbocycles. The quantitative estimate of drug-likeness (QED) is 0.170. The van der Waals surface area contributed by atoms with Crippen LogP contribution in [0.15, 0.2) is 66.7 Å². The first kappa shape index (κ1) is 30.5. The van der Waals surface area contributed by atoms with Gasteiger partial charge in [0.25, 0.3) is 0 Å². The van der Waals surface area contributed by atoms with E-state index in [1.54, 1.807) is 32.0 Å². The first-order valence-corrected chi connectivity index (χ1v) is 13.8. The van der Waals surface area contributed by atoms with E-state index in [0.29, 0.717) is 22.3 Å². The van der Waals surface area contributed by atoms with Crippen LogP contribution in [-0.2, 0) is 26.9 Å². The molecule has 0 fully saturated rings. The van der Waals surface area contributed by atoms with Crippen molar-refractivity contribution in [3.63, 3.8) is 0 Å². The number of hydrogen-bond donors (Lipinski definition) is 0. The number of carbonyl (C=O) groups excluding carboxylic acids is 2. The van der Waals surface area contributed by atoms with Crippen LogP contribution in [0, 0.1) is 0 Å². The van der Waals surface area contributed by atoms with E-state index in [4.69, 9.17) is 14.2 Å². The highest BCUT2D eigenvalue weighted by Crippen LogP contribution is 2.36. The van der Waals surface area contributed by atoms with E-state index < -0.39 is 23.7 Å². The molecule has 0 aliphatic rings. The Labute approximate surface area is 242 Å². The van der Waals surface area contributed by atoms with E-state index in [1.807, 2.05) is 28.8 Å². The molecular weight excluding hydrogens is 549 g/mol. The molecule has 0 aliphatic heterocycles. The summed E-state index contributed by atoms with van der Waals surface area (Å²) in [6.45, 7) is 9.51. The zero-order valence-corrected chi connectivity index (χ0v) is 24.0. The van der Waals surface area contributed by atoms with Crippen LogP contribution in [0.25, 0.3) is 16.6 Å². The molecule has 0 spiro atoms. The van der Waals surface area contributed by atoms with E-state index in [1.165, 1.54) is 12.1 Å². The van der Waals surface area contributed by atoms with E-state index in [9.17, 15) is 22.8 Å². The van der Waals surface area contributed by atoms with Crippen LogP contribution in [0.3, 0.4) is 0 Å². The summed E-state index contributed by atoms with van der Waals surface area (Å²) in [5.41, 5.74) is 2.16. The molecule has 0 radical (unpaired) electrons. The number of fused-ring (bicyclic) bond motifs is 1. The van der Waals surface area contributed by atoms with Crippen LogP contribution in [-0.4, -0.2) is 42.8 Å². The van der Waals surface area contributed by atoms with Crippen molar-refractivity contribution in [3.05, 3.63) is 83.6 Å². The van der Waals surface area contributed by atoms with E-state index in [-0.39, 0.29) is 30.9 Å². The molecule has 42 heavy (non-hydrogen) atoms. The van der Waals surface area contributed by atoms with Crippen molar-refractivity contribution in [2.75, 3.05) is 31.2 Å². The minimum Gasteiger partial charge on any atom is -0.466 e. The van der Waals surface area contributed by atoms with Crippen molar-refractivity contribution in [3.8, 4) is 17.2 Å². The normalized spacial score (nSPS) is 11.4. The average Bonchev–Trinajstić information content (AvgIpc) is 3.27. The molecule has 1 aromatic heterocycles. The van der Waals surface area contributed by atoms with Gasteiger partial charge in [-0.3, -0.25) is 4.79 Å². The zero-order valence-electron chi connectivity index (χ0n) is 24.0. The van der Waals surface area contributed by atoms with E-state index in [0.717, 1.165) is 36.6 Å². The molecule has 7 nitrogen and oxygen atoms in total. The largest absolute Gasteiger partial charge is 0.466 e. The number of nitrogens with zero attached hydrogens (tertiary/aromatic N) is 2. The Balaban J connectivity index is 1.87. The molecule has 0 N–H and O–H groups in total. The van der Waals surface area contributed by atoms with Gasteiger partial charge in [0.15, 0.2) is 0 Å². The third-order valence-corrected chi connectivity index (χ3v) is 6.79. The van der Waals surface area contributed by atoms with Gasteiger partial charge in [-0.2, -0.15) is 13.2 Å². The fourth-order valence-electron chi connectivity index (χ4n) is 4.88. The minimum absolute atomic E-state index is 0.116. The van der Waals surface area contributed by atoms with Gasteiger partial charge in [-0.1, -0.05) is 0 Å². The topological polar surface area (TPSA) is 70.0 Å². The van der Waals surface area contributed by atoms with Crippen LogP contribution < -0.4 is 9.64 Å². The Morgan fingerprint density at radius 3 is 2.00 bits per heavy atom. The smallest absolute Gasteiger partial charge is 0.416 e. The van der Waals surface area contributed by atoms with Crippen molar-refractivity contribution in [1.29, 1.82) is 0 Å².